The van der Waals surface area contributed by atoms with E-state index in [1.807, 2.05) is 31.2 Å². The van der Waals surface area contributed by atoms with Gasteiger partial charge in [0.25, 0.3) is 0 Å². The number of aromatic nitrogens is 2. The largest absolute Gasteiger partial charge is 0.339 e. The van der Waals surface area contributed by atoms with Crippen LogP contribution in [-0.4, -0.2) is 33.0 Å². The molecular weight excluding hydrogens is 411 g/mol. The number of benzene rings is 2. The molecule has 2 aromatic carbocycles. The molecule has 32 heavy (non-hydrogen) atoms. The number of amides is 3. The summed E-state index contributed by atoms with van der Waals surface area (Å²) in [5, 5.41) is 7.06. The first-order valence-electron chi connectivity index (χ1n) is 10.8. The standard InChI is InChI=1S/C24H23FN4O3/c1-14-5-4-7-15(11-14)21-27-22(32-28-21)16-9-10-18-20(12-16)26-24(31)29(23(18)30)13-17-6-2-3-8-19(17)25/h2-8,11,16,18,20H,9-10,12-13H2,1H3,(H,26,31). The fraction of sp³-hybridized carbons (Fsp3) is 0.333. The van der Waals surface area contributed by atoms with Gasteiger partial charge < -0.3 is 9.84 Å². The van der Waals surface area contributed by atoms with Gasteiger partial charge in [0.05, 0.1) is 12.5 Å². The van der Waals surface area contributed by atoms with E-state index in [4.69, 9.17) is 4.52 Å². The lowest BCUT2D eigenvalue weighted by molar-refractivity contribution is -0.137. The number of nitrogens with one attached hydrogen (secondary N) is 1. The normalized spacial score (nSPS) is 23.1. The van der Waals surface area contributed by atoms with Crippen molar-refractivity contribution in [2.24, 2.45) is 5.92 Å². The van der Waals surface area contributed by atoms with Gasteiger partial charge in [-0.2, -0.15) is 4.98 Å². The van der Waals surface area contributed by atoms with Crippen molar-refractivity contribution in [1.82, 2.24) is 20.4 Å². The predicted molar refractivity (Wildman–Crippen MR) is 114 cm³/mol. The van der Waals surface area contributed by atoms with Crippen LogP contribution in [0.2, 0.25) is 0 Å². The van der Waals surface area contributed by atoms with E-state index >= 15 is 0 Å². The van der Waals surface area contributed by atoms with E-state index < -0.39 is 11.8 Å². The number of rotatable bonds is 4. The molecule has 3 amide bonds. The zero-order chi connectivity index (χ0) is 22.2. The second-order valence-corrected chi connectivity index (χ2v) is 8.51. The molecule has 1 aliphatic carbocycles. The summed E-state index contributed by atoms with van der Waals surface area (Å²) in [6.07, 6.45) is 1.83. The number of halogens is 1. The molecule has 0 bridgehead atoms. The third-order valence-corrected chi connectivity index (χ3v) is 6.34. The van der Waals surface area contributed by atoms with Crippen molar-refractivity contribution in [1.29, 1.82) is 0 Å². The molecule has 5 rings (SSSR count). The van der Waals surface area contributed by atoms with Crippen LogP contribution in [0.25, 0.3) is 11.4 Å². The van der Waals surface area contributed by atoms with Crippen LogP contribution < -0.4 is 5.32 Å². The maximum absolute atomic E-state index is 14.0. The molecule has 2 fully saturated rings. The first kappa shape index (κ1) is 20.4. The van der Waals surface area contributed by atoms with Gasteiger partial charge in [0, 0.05) is 23.1 Å². The molecule has 164 valence electrons. The van der Waals surface area contributed by atoms with E-state index in [1.165, 1.54) is 6.07 Å². The summed E-state index contributed by atoms with van der Waals surface area (Å²) in [4.78, 5) is 31.4. The highest BCUT2D eigenvalue weighted by atomic mass is 19.1. The Bertz CT molecular complexity index is 1180. The topological polar surface area (TPSA) is 88.3 Å². The minimum Gasteiger partial charge on any atom is -0.339 e. The Morgan fingerprint density at radius 2 is 2.00 bits per heavy atom. The highest BCUT2D eigenvalue weighted by Crippen LogP contribution is 2.38. The van der Waals surface area contributed by atoms with Gasteiger partial charge in [-0.05, 0) is 38.3 Å². The highest BCUT2D eigenvalue weighted by molar-refractivity contribution is 5.98. The molecule has 8 heteroatoms. The number of aryl methyl sites for hydroxylation is 1. The Hall–Kier alpha value is -3.55. The van der Waals surface area contributed by atoms with E-state index in [2.05, 4.69) is 15.5 Å². The molecule has 3 unspecified atom stereocenters. The number of hydrogen-bond donors (Lipinski definition) is 1. The van der Waals surface area contributed by atoms with Crippen molar-refractivity contribution >= 4 is 11.9 Å². The molecule has 7 nitrogen and oxygen atoms in total. The Kier molecular flexibility index (Phi) is 5.20. The second kappa shape index (κ2) is 8.18. The number of carbonyl (C=O) groups excluding carboxylic acids is 2. The Labute approximate surface area is 184 Å². The number of hydrogen-bond acceptors (Lipinski definition) is 5. The van der Waals surface area contributed by atoms with Crippen LogP contribution in [0.5, 0.6) is 0 Å². The summed E-state index contributed by atoms with van der Waals surface area (Å²) in [6, 6.07) is 13.3. The van der Waals surface area contributed by atoms with Crippen LogP contribution in [0, 0.1) is 18.7 Å². The molecule has 3 aromatic rings. The number of carbonyl (C=O) groups is 2. The average Bonchev–Trinajstić information content (AvgIpc) is 3.28. The van der Waals surface area contributed by atoms with Gasteiger partial charge in [-0.1, -0.05) is 47.1 Å². The van der Waals surface area contributed by atoms with Crippen molar-refractivity contribution in [3.05, 3.63) is 71.4 Å². The zero-order valence-electron chi connectivity index (χ0n) is 17.6. The summed E-state index contributed by atoms with van der Waals surface area (Å²) in [5.41, 5.74) is 2.31. The third kappa shape index (κ3) is 3.77. The minimum atomic E-state index is -0.494. The maximum Gasteiger partial charge on any atom is 0.324 e. The molecule has 2 aliphatic rings. The Morgan fingerprint density at radius 3 is 2.81 bits per heavy atom. The van der Waals surface area contributed by atoms with Gasteiger partial charge in [0.1, 0.15) is 5.82 Å². The number of nitrogens with zero attached hydrogens (tertiary/aromatic N) is 3. The monoisotopic (exact) mass is 434 g/mol. The van der Waals surface area contributed by atoms with E-state index in [0.29, 0.717) is 36.5 Å². The summed E-state index contributed by atoms with van der Waals surface area (Å²) >= 11 is 0. The molecule has 1 saturated heterocycles. The lowest BCUT2D eigenvalue weighted by Gasteiger charge is -2.41. The van der Waals surface area contributed by atoms with Gasteiger partial charge in [0.15, 0.2) is 0 Å². The van der Waals surface area contributed by atoms with E-state index in [-0.39, 0.29) is 30.3 Å². The van der Waals surface area contributed by atoms with E-state index in [1.54, 1.807) is 18.2 Å². The fourth-order valence-corrected chi connectivity index (χ4v) is 4.64. The van der Waals surface area contributed by atoms with Crippen LogP contribution in [0.15, 0.2) is 53.1 Å². The van der Waals surface area contributed by atoms with Crippen LogP contribution in [0.3, 0.4) is 0 Å². The Morgan fingerprint density at radius 1 is 1.16 bits per heavy atom. The summed E-state index contributed by atoms with van der Waals surface area (Å²) in [7, 11) is 0. The van der Waals surface area contributed by atoms with Crippen molar-refractivity contribution in [3.8, 4) is 11.4 Å². The van der Waals surface area contributed by atoms with Crippen LogP contribution in [0.4, 0.5) is 9.18 Å². The minimum absolute atomic E-state index is 0.0338. The Balaban J connectivity index is 1.29. The molecule has 2 heterocycles. The number of urea groups is 1. The molecule has 3 atom stereocenters. The van der Waals surface area contributed by atoms with Gasteiger partial charge in [0.2, 0.25) is 17.6 Å². The van der Waals surface area contributed by atoms with Gasteiger partial charge in [-0.15, -0.1) is 0 Å². The fourth-order valence-electron chi connectivity index (χ4n) is 4.64. The molecule has 0 radical (unpaired) electrons. The van der Waals surface area contributed by atoms with Gasteiger partial charge in [-0.3, -0.25) is 9.69 Å². The van der Waals surface area contributed by atoms with Crippen LogP contribution >= 0.6 is 0 Å². The second-order valence-electron chi connectivity index (χ2n) is 8.51. The number of fused-ring (bicyclic) bond motifs is 1. The van der Waals surface area contributed by atoms with Crippen molar-refractivity contribution in [2.75, 3.05) is 0 Å². The summed E-state index contributed by atoms with van der Waals surface area (Å²) in [6.45, 7) is 1.93. The van der Waals surface area contributed by atoms with E-state index in [0.717, 1.165) is 16.0 Å². The quantitative estimate of drug-likeness (QED) is 0.665. The SMILES string of the molecule is Cc1cccc(-c2noc(C3CCC4C(=O)N(Cc5ccccc5F)C(=O)NC4C3)n2)c1. The molecule has 1 N–H and O–H groups in total. The summed E-state index contributed by atoms with van der Waals surface area (Å²) in [5.74, 6) is -0.00401. The smallest absolute Gasteiger partial charge is 0.324 e. The predicted octanol–water partition coefficient (Wildman–Crippen LogP) is 4.19. The van der Waals surface area contributed by atoms with Gasteiger partial charge >= 0.3 is 6.03 Å². The molecule has 1 aromatic heterocycles. The first-order chi connectivity index (χ1) is 15.5. The lowest BCUT2D eigenvalue weighted by atomic mass is 9.76. The highest BCUT2D eigenvalue weighted by Gasteiger charge is 2.45. The molecular formula is C24H23FN4O3. The molecule has 1 saturated carbocycles. The van der Waals surface area contributed by atoms with Crippen LogP contribution in [0.1, 0.15) is 42.2 Å². The lowest BCUT2D eigenvalue weighted by Crippen LogP contribution is -2.61. The molecule has 0 spiro atoms. The van der Waals surface area contributed by atoms with Crippen molar-refractivity contribution in [2.45, 2.75) is 44.7 Å². The average molecular weight is 434 g/mol. The van der Waals surface area contributed by atoms with Gasteiger partial charge in [-0.25, -0.2) is 9.18 Å². The van der Waals surface area contributed by atoms with E-state index in [9.17, 15) is 14.0 Å². The zero-order valence-corrected chi connectivity index (χ0v) is 17.6. The summed E-state index contributed by atoms with van der Waals surface area (Å²) < 4.78 is 19.6. The first-order valence-corrected chi connectivity index (χ1v) is 10.8. The van der Waals surface area contributed by atoms with Crippen LogP contribution in [-0.2, 0) is 11.3 Å². The number of imide groups is 1. The molecule has 1 aliphatic heterocycles. The van der Waals surface area contributed by atoms with Crippen molar-refractivity contribution in [3.63, 3.8) is 0 Å². The third-order valence-electron chi connectivity index (χ3n) is 6.34. The maximum atomic E-state index is 14.0. The van der Waals surface area contributed by atoms with Crippen molar-refractivity contribution < 1.29 is 18.5 Å².